The monoisotopic (exact) mass is 176 g/mol. The minimum atomic E-state index is 0.807. The Morgan fingerprint density at radius 1 is 1.08 bits per heavy atom. The summed E-state index contributed by atoms with van der Waals surface area (Å²) in [7, 11) is 6.86. The highest BCUT2D eigenvalue weighted by molar-refractivity contribution is 5.26. The lowest BCUT2D eigenvalue weighted by Gasteiger charge is -2.24. The molecule has 1 aliphatic rings. The standard InChI is InChI=1S/C12H18N/c1-13(2,3)12-9-11(12)10-7-5-4-6-8-10/h4-8,11-12H,9H2,1-3H3/q+1/t11-,12-/m1/s1. The number of hydrogen-bond acceptors (Lipinski definition) is 0. The largest absolute Gasteiger partial charge is 0.328 e. The van der Waals surface area contributed by atoms with Gasteiger partial charge in [0.15, 0.2) is 0 Å². The summed E-state index contributed by atoms with van der Waals surface area (Å²) in [6.07, 6.45) is 1.35. The Bertz CT molecular complexity index is 284. The smallest absolute Gasteiger partial charge is 0.0964 e. The first-order valence-electron chi connectivity index (χ1n) is 4.95. The molecule has 0 radical (unpaired) electrons. The van der Waals surface area contributed by atoms with Crippen LogP contribution in [0, 0.1) is 0 Å². The van der Waals surface area contributed by atoms with E-state index in [1.807, 2.05) is 0 Å². The van der Waals surface area contributed by atoms with Gasteiger partial charge in [-0.25, -0.2) is 0 Å². The summed E-state index contributed by atoms with van der Waals surface area (Å²) in [6, 6.07) is 11.7. The molecule has 2 rings (SSSR count). The Kier molecular flexibility index (Phi) is 1.92. The van der Waals surface area contributed by atoms with Gasteiger partial charge in [0.2, 0.25) is 0 Å². The van der Waals surface area contributed by atoms with Crippen molar-refractivity contribution in [3.05, 3.63) is 35.9 Å². The number of benzene rings is 1. The van der Waals surface area contributed by atoms with E-state index in [1.54, 1.807) is 0 Å². The second kappa shape index (κ2) is 2.85. The Labute approximate surface area is 80.6 Å². The first-order chi connectivity index (χ1) is 6.09. The van der Waals surface area contributed by atoms with E-state index in [0.29, 0.717) is 0 Å². The normalized spacial score (nSPS) is 27.3. The number of hydrogen-bond donors (Lipinski definition) is 0. The third-order valence-corrected chi connectivity index (χ3v) is 2.98. The minimum Gasteiger partial charge on any atom is -0.328 e. The third-order valence-electron chi connectivity index (χ3n) is 2.98. The fourth-order valence-electron chi connectivity index (χ4n) is 2.10. The maximum Gasteiger partial charge on any atom is 0.0964 e. The van der Waals surface area contributed by atoms with E-state index in [9.17, 15) is 0 Å². The van der Waals surface area contributed by atoms with Crippen molar-refractivity contribution in [3.8, 4) is 0 Å². The van der Waals surface area contributed by atoms with Gasteiger partial charge in [0.05, 0.1) is 27.2 Å². The molecule has 1 saturated carbocycles. The van der Waals surface area contributed by atoms with E-state index in [-0.39, 0.29) is 0 Å². The van der Waals surface area contributed by atoms with Crippen molar-refractivity contribution in [1.29, 1.82) is 0 Å². The summed E-state index contributed by atoms with van der Waals surface area (Å²) >= 11 is 0. The lowest BCUT2D eigenvalue weighted by molar-refractivity contribution is -0.882. The van der Waals surface area contributed by atoms with Gasteiger partial charge in [0.1, 0.15) is 0 Å². The number of likely N-dealkylation sites (N-methyl/N-ethyl adjacent to an activating group) is 1. The van der Waals surface area contributed by atoms with Crippen LogP contribution in [0.1, 0.15) is 17.9 Å². The van der Waals surface area contributed by atoms with Crippen LogP contribution in [-0.2, 0) is 0 Å². The molecule has 0 spiro atoms. The fourth-order valence-corrected chi connectivity index (χ4v) is 2.10. The van der Waals surface area contributed by atoms with Gasteiger partial charge in [0, 0.05) is 12.3 Å². The second-order valence-electron chi connectivity index (χ2n) is 4.94. The molecular weight excluding hydrogens is 158 g/mol. The second-order valence-corrected chi connectivity index (χ2v) is 4.94. The first kappa shape index (κ1) is 8.76. The molecule has 0 N–H and O–H groups in total. The van der Waals surface area contributed by atoms with E-state index < -0.39 is 0 Å². The highest BCUT2D eigenvalue weighted by atomic mass is 15.3. The molecule has 1 nitrogen and oxygen atoms in total. The molecule has 0 aliphatic heterocycles. The minimum absolute atomic E-state index is 0.807. The number of nitrogens with zero attached hydrogens (tertiary/aromatic N) is 1. The van der Waals surface area contributed by atoms with Crippen molar-refractivity contribution in [2.24, 2.45) is 0 Å². The molecule has 70 valence electrons. The molecule has 13 heavy (non-hydrogen) atoms. The molecule has 0 heterocycles. The molecule has 1 aliphatic carbocycles. The molecule has 1 heteroatoms. The molecule has 2 atom stereocenters. The molecule has 0 bridgehead atoms. The number of quaternary nitrogens is 1. The van der Waals surface area contributed by atoms with Crippen molar-refractivity contribution in [1.82, 2.24) is 0 Å². The quantitative estimate of drug-likeness (QED) is 0.606. The van der Waals surface area contributed by atoms with Gasteiger partial charge in [-0.15, -0.1) is 0 Å². The third kappa shape index (κ3) is 1.75. The maximum absolute atomic E-state index is 2.29. The van der Waals surface area contributed by atoms with Gasteiger partial charge in [-0.05, 0) is 5.56 Å². The lowest BCUT2D eigenvalue weighted by Crippen LogP contribution is -2.37. The molecule has 1 aromatic carbocycles. The summed E-state index contributed by atoms with van der Waals surface area (Å²) in [4.78, 5) is 0. The van der Waals surface area contributed by atoms with Crippen molar-refractivity contribution < 1.29 is 4.48 Å². The average Bonchev–Trinajstić information content (AvgIpc) is 2.83. The van der Waals surface area contributed by atoms with E-state index in [0.717, 1.165) is 16.4 Å². The molecule has 0 aromatic heterocycles. The van der Waals surface area contributed by atoms with Crippen molar-refractivity contribution in [2.45, 2.75) is 18.4 Å². The van der Waals surface area contributed by atoms with E-state index in [1.165, 1.54) is 12.0 Å². The lowest BCUT2D eigenvalue weighted by atomic mass is 10.1. The Hall–Kier alpha value is -0.820. The predicted octanol–water partition coefficient (Wildman–Crippen LogP) is 2.25. The Morgan fingerprint density at radius 3 is 2.15 bits per heavy atom. The highest BCUT2D eigenvalue weighted by Gasteiger charge is 2.48. The van der Waals surface area contributed by atoms with Gasteiger partial charge in [-0.2, -0.15) is 0 Å². The van der Waals surface area contributed by atoms with Crippen LogP contribution in [0.5, 0.6) is 0 Å². The molecule has 1 fully saturated rings. The van der Waals surface area contributed by atoms with Gasteiger partial charge in [-0.1, -0.05) is 30.3 Å². The van der Waals surface area contributed by atoms with E-state index >= 15 is 0 Å². The summed E-state index contributed by atoms with van der Waals surface area (Å²) in [5, 5.41) is 0. The first-order valence-corrected chi connectivity index (χ1v) is 4.95. The van der Waals surface area contributed by atoms with Crippen LogP contribution in [0.2, 0.25) is 0 Å². The fraction of sp³-hybridized carbons (Fsp3) is 0.500. The zero-order valence-corrected chi connectivity index (χ0v) is 8.70. The van der Waals surface area contributed by atoms with E-state index in [2.05, 4.69) is 51.5 Å². The molecule has 0 unspecified atom stereocenters. The summed E-state index contributed by atoms with van der Waals surface area (Å²) in [5.41, 5.74) is 1.51. The van der Waals surface area contributed by atoms with Gasteiger partial charge < -0.3 is 4.48 Å². The van der Waals surface area contributed by atoms with Crippen LogP contribution < -0.4 is 0 Å². The maximum atomic E-state index is 2.29. The Morgan fingerprint density at radius 2 is 1.69 bits per heavy atom. The molecule has 0 amide bonds. The van der Waals surface area contributed by atoms with E-state index in [4.69, 9.17) is 0 Å². The molecule has 1 aromatic rings. The van der Waals surface area contributed by atoms with Crippen LogP contribution in [0.15, 0.2) is 30.3 Å². The van der Waals surface area contributed by atoms with Crippen LogP contribution >= 0.6 is 0 Å². The average molecular weight is 176 g/mol. The van der Waals surface area contributed by atoms with Gasteiger partial charge >= 0.3 is 0 Å². The van der Waals surface area contributed by atoms with Crippen LogP contribution in [0.3, 0.4) is 0 Å². The summed E-state index contributed by atoms with van der Waals surface area (Å²) in [5.74, 6) is 0.807. The highest BCUT2D eigenvalue weighted by Crippen LogP contribution is 2.45. The van der Waals surface area contributed by atoms with Crippen molar-refractivity contribution in [3.63, 3.8) is 0 Å². The van der Waals surface area contributed by atoms with Crippen LogP contribution in [-0.4, -0.2) is 31.7 Å². The van der Waals surface area contributed by atoms with Gasteiger partial charge in [-0.3, -0.25) is 0 Å². The zero-order valence-electron chi connectivity index (χ0n) is 8.70. The zero-order chi connectivity index (χ0) is 9.47. The predicted molar refractivity (Wildman–Crippen MR) is 55.6 cm³/mol. The number of rotatable bonds is 2. The Balaban J connectivity index is 2.09. The molecular formula is C12H18N+. The van der Waals surface area contributed by atoms with Crippen LogP contribution in [0.4, 0.5) is 0 Å². The van der Waals surface area contributed by atoms with Crippen LogP contribution in [0.25, 0.3) is 0 Å². The summed E-state index contributed by atoms with van der Waals surface area (Å²) < 4.78 is 1.10. The summed E-state index contributed by atoms with van der Waals surface area (Å²) in [6.45, 7) is 0. The topological polar surface area (TPSA) is 0 Å². The van der Waals surface area contributed by atoms with Crippen molar-refractivity contribution >= 4 is 0 Å². The molecule has 0 saturated heterocycles. The van der Waals surface area contributed by atoms with Gasteiger partial charge in [0.25, 0.3) is 0 Å². The van der Waals surface area contributed by atoms with Crippen molar-refractivity contribution in [2.75, 3.05) is 21.1 Å². The SMILES string of the molecule is C[N+](C)(C)[C@@H]1C[C@@H]1c1ccccc1.